The fourth-order valence-electron chi connectivity index (χ4n) is 0.912. The molecule has 1 aromatic rings. The van der Waals surface area contributed by atoms with Gasteiger partial charge in [0, 0.05) is 5.02 Å². The lowest BCUT2D eigenvalue weighted by molar-refractivity contribution is 0.0956. The molecule has 0 aliphatic heterocycles. The average Bonchev–Trinajstić information content (AvgIpc) is 2.14. The van der Waals surface area contributed by atoms with Crippen LogP contribution in [-0.4, -0.2) is 17.6 Å². The molecule has 0 atom stereocenters. The Balaban J connectivity index is 2.86. The fourth-order valence-corrected chi connectivity index (χ4v) is 1.08. The second-order valence-corrected chi connectivity index (χ2v) is 2.94. The minimum atomic E-state index is -0.499. The van der Waals surface area contributed by atoms with Crippen LogP contribution in [0.2, 0.25) is 5.02 Å². The van der Waals surface area contributed by atoms with Gasteiger partial charge in [-0.25, -0.2) is 0 Å². The molecule has 1 rings (SSSR count). The van der Waals surface area contributed by atoms with Crippen LogP contribution >= 0.6 is 11.6 Å². The number of phenolic OH excluding ortho intramolecular Hbond substituents is 1. The zero-order valence-electron chi connectivity index (χ0n) is 7.12. The molecule has 0 aliphatic rings. The average molecular weight is 211 g/mol. The Labute approximate surface area is 85.7 Å². The van der Waals surface area contributed by atoms with Crippen LogP contribution < -0.4 is 5.32 Å². The van der Waals surface area contributed by atoms with Crippen LogP contribution in [0, 0.1) is 11.3 Å². The zero-order valence-corrected chi connectivity index (χ0v) is 7.88. The van der Waals surface area contributed by atoms with Crippen LogP contribution in [0.15, 0.2) is 18.2 Å². The molecule has 0 bridgehead atoms. The quantitative estimate of drug-likeness (QED) is 0.723. The summed E-state index contributed by atoms with van der Waals surface area (Å²) in [6, 6.07) is 5.91. The van der Waals surface area contributed by atoms with E-state index in [4.69, 9.17) is 16.9 Å². The predicted molar refractivity (Wildman–Crippen MR) is 51.1 cm³/mol. The number of rotatable bonds is 2. The normalized spacial score (nSPS) is 9.14. The number of amides is 1. The predicted octanol–water partition coefficient (Wildman–Crippen LogP) is 1.30. The Morgan fingerprint density at radius 3 is 2.93 bits per heavy atom. The number of nitrogens with zero attached hydrogens (tertiary/aromatic N) is 1. The monoisotopic (exact) mass is 210 g/mol. The van der Waals surface area contributed by atoms with E-state index in [-0.39, 0.29) is 17.9 Å². The van der Waals surface area contributed by atoms with Crippen LogP contribution in [0.3, 0.4) is 0 Å². The van der Waals surface area contributed by atoms with Crippen molar-refractivity contribution in [2.45, 2.75) is 0 Å². The first-order valence-corrected chi connectivity index (χ1v) is 4.16. The summed E-state index contributed by atoms with van der Waals surface area (Å²) < 4.78 is 0. The summed E-state index contributed by atoms with van der Waals surface area (Å²) in [6.07, 6.45) is 0. The molecule has 0 saturated carbocycles. The number of nitrogens with one attached hydrogen (secondary N) is 1. The van der Waals surface area contributed by atoms with E-state index in [0.29, 0.717) is 5.02 Å². The van der Waals surface area contributed by atoms with E-state index >= 15 is 0 Å². The number of halogens is 1. The van der Waals surface area contributed by atoms with E-state index in [1.165, 1.54) is 18.2 Å². The largest absolute Gasteiger partial charge is 0.507 e. The van der Waals surface area contributed by atoms with E-state index in [9.17, 15) is 9.90 Å². The standard InChI is InChI=1S/C9H7ClN2O2/c10-6-1-2-7(8(13)5-6)9(14)12-4-3-11/h1-2,5,13H,4H2,(H,12,14). The highest BCUT2D eigenvalue weighted by Crippen LogP contribution is 2.21. The van der Waals surface area contributed by atoms with Gasteiger partial charge >= 0.3 is 0 Å². The topological polar surface area (TPSA) is 73.1 Å². The number of hydrogen-bond acceptors (Lipinski definition) is 3. The van der Waals surface area contributed by atoms with Crippen LogP contribution in [0.1, 0.15) is 10.4 Å². The third kappa shape index (κ3) is 2.38. The van der Waals surface area contributed by atoms with Crippen LogP contribution in [0.25, 0.3) is 0 Å². The summed E-state index contributed by atoms with van der Waals surface area (Å²) in [7, 11) is 0. The first kappa shape index (κ1) is 10.4. The van der Waals surface area contributed by atoms with Gasteiger partial charge in [0.05, 0.1) is 11.6 Å². The SMILES string of the molecule is N#CCNC(=O)c1ccc(Cl)cc1O. The highest BCUT2D eigenvalue weighted by Gasteiger charge is 2.09. The van der Waals surface area contributed by atoms with Crippen molar-refractivity contribution in [1.29, 1.82) is 5.26 Å². The molecule has 1 aromatic carbocycles. The number of hydrogen-bond donors (Lipinski definition) is 2. The van der Waals surface area contributed by atoms with E-state index in [1.807, 2.05) is 0 Å². The minimum Gasteiger partial charge on any atom is -0.507 e. The van der Waals surface area contributed by atoms with Gasteiger partial charge in [-0.3, -0.25) is 4.79 Å². The number of nitriles is 1. The van der Waals surface area contributed by atoms with E-state index in [0.717, 1.165) is 0 Å². The Morgan fingerprint density at radius 1 is 1.64 bits per heavy atom. The van der Waals surface area contributed by atoms with Crippen molar-refractivity contribution in [1.82, 2.24) is 5.32 Å². The molecule has 0 heterocycles. The number of carbonyl (C=O) groups excluding carboxylic acids is 1. The third-order valence-corrected chi connectivity index (χ3v) is 1.77. The van der Waals surface area contributed by atoms with Gasteiger partial charge in [-0.15, -0.1) is 0 Å². The zero-order chi connectivity index (χ0) is 10.6. The molecule has 0 fully saturated rings. The number of benzene rings is 1. The van der Waals surface area contributed by atoms with Crippen molar-refractivity contribution >= 4 is 17.5 Å². The fraction of sp³-hybridized carbons (Fsp3) is 0.111. The molecule has 5 heteroatoms. The highest BCUT2D eigenvalue weighted by molar-refractivity contribution is 6.30. The van der Waals surface area contributed by atoms with E-state index in [1.54, 1.807) is 6.07 Å². The second kappa shape index (κ2) is 4.49. The van der Waals surface area contributed by atoms with Crippen LogP contribution in [0.5, 0.6) is 5.75 Å². The number of phenols is 1. The smallest absolute Gasteiger partial charge is 0.255 e. The summed E-state index contributed by atoms with van der Waals surface area (Å²) in [5, 5.41) is 20.2. The van der Waals surface area contributed by atoms with Gasteiger partial charge < -0.3 is 10.4 Å². The molecule has 72 valence electrons. The molecule has 0 aliphatic carbocycles. The second-order valence-electron chi connectivity index (χ2n) is 2.50. The van der Waals surface area contributed by atoms with Crippen LogP contribution in [-0.2, 0) is 0 Å². The Bertz CT molecular complexity index is 398. The maximum Gasteiger partial charge on any atom is 0.255 e. The summed E-state index contributed by atoms with van der Waals surface area (Å²) >= 11 is 5.58. The molecule has 14 heavy (non-hydrogen) atoms. The summed E-state index contributed by atoms with van der Waals surface area (Å²) in [6.45, 7) is -0.0963. The van der Waals surface area contributed by atoms with Crippen molar-refractivity contribution < 1.29 is 9.90 Å². The third-order valence-electron chi connectivity index (χ3n) is 1.53. The Morgan fingerprint density at radius 2 is 2.36 bits per heavy atom. The summed E-state index contributed by atoms with van der Waals surface area (Å²) in [4.78, 5) is 11.3. The number of carbonyl (C=O) groups is 1. The lowest BCUT2D eigenvalue weighted by Gasteiger charge is -2.03. The molecule has 0 saturated heterocycles. The molecule has 0 radical (unpaired) electrons. The van der Waals surface area contributed by atoms with Crippen molar-refractivity contribution in [2.24, 2.45) is 0 Å². The van der Waals surface area contributed by atoms with Crippen molar-refractivity contribution in [3.05, 3.63) is 28.8 Å². The lowest BCUT2D eigenvalue weighted by atomic mass is 10.2. The first-order valence-electron chi connectivity index (χ1n) is 3.79. The van der Waals surface area contributed by atoms with E-state index in [2.05, 4.69) is 5.32 Å². The molecule has 0 unspecified atom stereocenters. The minimum absolute atomic E-state index is 0.0963. The summed E-state index contributed by atoms with van der Waals surface area (Å²) in [5.74, 6) is -0.700. The molecule has 0 aromatic heterocycles. The molecule has 1 amide bonds. The molecular formula is C9H7ClN2O2. The van der Waals surface area contributed by atoms with Crippen molar-refractivity contribution in [3.63, 3.8) is 0 Å². The Hall–Kier alpha value is -1.73. The van der Waals surface area contributed by atoms with Gasteiger partial charge in [-0.05, 0) is 18.2 Å². The molecular weight excluding hydrogens is 204 g/mol. The van der Waals surface area contributed by atoms with E-state index < -0.39 is 5.91 Å². The van der Waals surface area contributed by atoms with Gasteiger partial charge in [0.15, 0.2) is 0 Å². The van der Waals surface area contributed by atoms with Gasteiger partial charge in [0.1, 0.15) is 12.3 Å². The molecule has 0 spiro atoms. The maximum atomic E-state index is 11.3. The van der Waals surface area contributed by atoms with Crippen molar-refractivity contribution in [2.75, 3.05) is 6.54 Å². The maximum absolute atomic E-state index is 11.3. The first-order chi connectivity index (χ1) is 6.65. The Kier molecular flexibility index (Phi) is 3.32. The van der Waals surface area contributed by atoms with Gasteiger partial charge in [-0.1, -0.05) is 11.6 Å². The summed E-state index contributed by atoms with van der Waals surface area (Å²) in [5.41, 5.74) is 0.102. The van der Waals surface area contributed by atoms with Crippen molar-refractivity contribution in [3.8, 4) is 11.8 Å². The van der Waals surface area contributed by atoms with Gasteiger partial charge in [-0.2, -0.15) is 5.26 Å². The highest BCUT2D eigenvalue weighted by atomic mass is 35.5. The molecule has 2 N–H and O–H groups in total. The van der Waals surface area contributed by atoms with Gasteiger partial charge in [0.2, 0.25) is 0 Å². The van der Waals surface area contributed by atoms with Gasteiger partial charge in [0.25, 0.3) is 5.91 Å². The number of aromatic hydroxyl groups is 1. The van der Waals surface area contributed by atoms with Crippen LogP contribution in [0.4, 0.5) is 0 Å². The lowest BCUT2D eigenvalue weighted by Crippen LogP contribution is -2.23. The molecule has 4 nitrogen and oxygen atoms in total.